The van der Waals surface area contributed by atoms with E-state index in [1.165, 1.54) is 11.1 Å². The summed E-state index contributed by atoms with van der Waals surface area (Å²) < 4.78 is 45.4. The van der Waals surface area contributed by atoms with E-state index in [4.69, 9.17) is 37.9 Å². The van der Waals surface area contributed by atoms with Gasteiger partial charge in [-0.25, -0.2) is 0 Å². The van der Waals surface area contributed by atoms with Crippen LogP contribution in [-0.2, 0) is 57.7 Å². The number of methoxy groups -OCH3 is 1. The van der Waals surface area contributed by atoms with E-state index in [0.29, 0.717) is 56.0 Å². The van der Waals surface area contributed by atoms with E-state index in [1.807, 2.05) is 72.8 Å². The van der Waals surface area contributed by atoms with Gasteiger partial charge in [0.15, 0.2) is 12.6 Å². The van der Waals surface area contributed by atoms with Crippen LogP contribution < -0.4 is 0 Å². The third-order valence-corrected chi connectivity index (χ3v) is 11.5. The second-order valence-corrected chi connectivity index (χ2v) is 15.7. The molecule has 302 valence electrons. The largest absolute Gasteiger partial charge is 0.501 e. The highest BCUT2D eigenvalue weighted by Gasteiger charge is 2.52. The maximum atomic E-state index is 10.4. The van der Waals surface area contributed by atoms with E-state index in [-0.39, 0.29) is 36.6 Å². The van der Waals surface area contributed by atoms with Gasteiger partial charge in [-0.3, -0.25) is 0 Å². The zero-order chi connectivity index (χ0) is 39.2. The van der Waals surface area contributed by atoms with Crippen molar-refractivity contribution in [1.29, 1.82) is 0 Å². The highest BCUT2D eigenvalue weighted by atomic mass is 16.8. The molecule has 0 amide bonds. The molecule has 1 N–H and O–H groups in total. The number of aliphatic hydroxyl groups excluding tert-OH is 1. The molecule has 0 bridgehead atoms. The fourth-order valence-electron chi connectivity index (χ4n) is 6.99. The summed E-state index contributed by atoms with van der Waals surface area (Å²) in [6, 6.07) is 30.5. The SMILES string of the molecule is CO[C@H]1OC[C@@H](C)[C@@H](C)[C@H](OCc2ccccc2)[C@@H]1O.C[C@@H]1[C@H](C)COC=C[C@H]1OCc1ccccc1.C[C@H]1[C@H](OCc2ccccc2)[C@@H]2OC2OC[C@H]1C. The first kappa shape index (κ1) is 43.0. The molecule has 0 aliphatic carbocycles. The van der Waals surface area contributed by atoms with Crippen molar-refractivity contribution >= 4 is 0 Å². The second-order valence-electron chi connectivity index (χ2n) is 15.7. The van der Waals surface area contributed by atoms with Crippen LogP contribution in [-0.4, -0.2) is 75.1 Å². The molecule has 7 rings (SSSR count). The Labute approximate surface area is 329 Å². The van der Waals surface area contributed by atoms with Gasteiger partial charge in [-0.2, -0.15) is 0 Å². The Bertz CT molecular complexity index is 1510. The van der Waals surface area contributed by atoms with Crippen molar-refractivity contribution in [2.75, 3.05) is 26.9 Å². The first-order valence-electron chi connectivity index (χ1n) is 20.0. The number of epoxide rings is 1. The third-order valence-electron chi connectivity index (χ3n) is 11.5. The maximum Gasteiger partial charge on any atom is 0.187 e. The second kappa shape index (κ2) is 22.0. The van der Waals surface area contributed by atoms with Gasteiger partial charge in [0.1, 0.15) is 12.2 Å². The van der Waals surface area contributed by atoms with Crippen molar-refractivity contribution in [3.8, 4) is 0 Å². The predicted octanol–water partition coefficient (Wildman–Crippen LogP) is 8.19. The average molecular weight is 761 g/mol. The minimum absolute atomic E-state index is 0.0295. The van der Waals surface area contributed by atoms with Crippen LogP contribution in [0.15, 0.2) is 103 Å². The number of fused-ring (bicyclic) bond motifs is 1. The fraction of sp³-hybridized carbons (Fsp3) is 0.565. The van der Waals surface area contributed by atoms with Gasteiger partial charge in [0.05, 0.1) is 64.2 Å². The van der Waals surface area contributed by atoms with Crippen molar-refractivity contribution in [1.82, 2.24) is 0 Å². The van der Waals surface area contributed by atoms with Crippen molar-refractivity contribution in [2.24, 2.45) is 35.5 Å². The molecule has 3 aromatic carbocycles. The molecule has 1 unspecified atom stereocenters. The summed E-state index contributed by atoms with van der Waals surface area (Å²) in [4.78, 5) is 0. The minimum atomic E-state index is -0.774. The zero-order valence-electron chi connectivity index (χ0n) is 33.8. The van der Waals surface area contributed by atoms with E-state index in [0.717, 1.165) is 18.8 Å². The van der Waals surface area contributed by atoms with Gasteiger partial charge in [0, 0.05) is 7.11 Å². The Morgan fingerprint density at radius 3 is 1.60 bits per heavy atom. The summed E-state index contributed by atoms with van der Waals surface area (Å²) in [6.07, 6.45) is 2.50. The Kier molecular flexibility index (Phi) is 17.2. The normalized spacial score (nSPS) is 34.1. The van der Waals surface area contributed by atoms with Crippen LogP contribution in [0.3, 0.4) is 0 Å². The van der Waals surface area contributed by atoms with E-state index >= 15 is 0 Å². The highest BCUT2D eigenvalue weighted by molar-refractivity contribution is 5.15. The average Bonchev–Trinajstić information content (AvgIpc) is 4.03. The fourth-order valence-corrected chi connectivity index (χ4v) is 6.99. The summed E-state index contributed by atoms with van der Waals surface area (Å²) in [5.74, 6) is 2.50. The third kappa shape index (κ3) is 13.0. The van der Waals surface area contributed by atoms with Crippen molar-refractivity contribution in [3.63, 3.8) is 0 Å². The smallest absolute Gasteiger partial charge is 0.187 e. The lowest BCUT2D eigenvalue weighted by Crippen LogP contribution is -2.43. The monoisotopic (exact) mass is 760 g/mol. The number of aliphatic hydroxyl groups is 1. The number of ether oxygens (including phenoxy) is 8. The number of hydrogen-bond acceptors (Lipinski definition) is 9. The molecule has 55 heavy (non-hydrogen) atoms. The van der Waals surface area contributed by atoms with Crippen LogP contribution in [0.5, 0.6) is 0 Å². The minimum Gasteiger partial charge on any atom is -0.501 e. The molecule has 9 heteroatoms. The lowest BCUT2D eigenvalue weighted by molar-refractivity contribution is -0.202. The molecule has 3 aromatic rings. The standard InChI is InChI=1S/C16H24O4.C15H20O3.C15H20O2/c1-11-9-20-16(18-3)14(17)15(12(11)2)19-10-13-7-5-4-6-8-13;1-10-8-17-15-14(18-15)13(11(10)2)16-9-12-6-4-3-5-7-12;1-12-10-16-9-8-15(13(12)2)17-11-14-6-4-3-5-7-14/h4-8,11-12,14-17H,9-10H2,1-3H3;3-7,10-11,13-15H,8-9H2,1-2H3;3-9,12-13,15H,10-11H2,1-2H3/t11-,12-,14+,15+,16+;10-,11-,13+,14+,15?;12-,13-,15-/m111/s1. The van der Waals surface area contributed by atoms with Crippen LogP contribution in [0.2, 0.25) is 0 Å². The Hall–Kier alpha value is -3.12. The van der Waals surface area contributed by atoms with Gasteiger partial charge in [0.25, 0.3) is 0 Å². The first-order chi connectivity index (χ1) is 26.7. The van der Waals surface area contributed by atoms with E-state index < -0.39 is 12.4 Å². The van der Waals surface area contributed by atoms with Crippen LogP contribution in [0.1, 0.15) is 58.2 Å². The summed E-state index contributed by atoms with van der Waals surface area (Å²) >= 11 is 0. The quantitative estimate of drug-likeness (QED) is 0.205. The van der Waals surface area contributed by atoms with Crippen LogP contribution in [0, 0.1) is 35.5 Å². The molecule has 0 radical (unpaired) electrons. The molecule has 3 saturated heterocycles. The molecule has 9 nitrogen and oxygen atoms in total. The van der Waals surface area contributed by atoms with E-state index in [2.05, 4.69) is 65.8 Å². The van der Waals surface area contributed by atoms with Gasteiger partial charge >= 0.3 is 0 Å². The summed E-state index contributed by atoms with van der Waals surface area (Å²) in [7, 11) is 1.54. The number of rotatable bonds is 10. The topological polar surface area (TPSA) is 97.4 Å². The van der Waals surface area contributed by atoms with E-state index in [9.17, 15) is 5.11 Å². The number of benzene rings is 3. The van der Waals surface area contributed by atoms with Crippen molar-refractivity contribution < 1.29 is 43.0 Å². The van der Waals surface area contributed by atoms with Crippen molar-refractivity contribution in [2.45, 2.75) is 104 Å². The molecule has 4 aliphatic rings. The van der Waals surface area contributed by atoms with Gasteiger partial charge < -0.3 is 43.0 Å². The van der Waals surface area contributed by atoms with Gasteiger partial charge in [-0.15, -0.1) is 0 Å². The van der Waals surface area contributed by atoms with Crippen LogP contribution in [0.25, 0.3) is 0 Å². The molecule has 0 spiro atoms. The zero-order valence-corrected chi connectivity index (χ0v) is 33.8. The first-order valence-corrected chi connectivity index (χ1v) is 20.0. The van der Waals surface area contributed by atoms with E-state index in [1.54, 1.807) is 13.4 Å². The Morgan fingerprint density at radius 2 is 1.05 bits per heavy atom. The molecule has 4 heterocycles. The Balaban J connectivity index is 0.000000159. The van der Waals surface area contributed by atoms with Crippen molar-refractivity contribution in [3.05, 3.63) is 120 Å². The summed E-state index contributed by atoms with van der Waals surface area (Å²) in [5.41, 5.74) is 3.52. The molecule has 4 aliphatic heterocycles. The van der Waals surface area contributed by atoms with Crippen LogP contribution in [0.4, 0.5) is 0 Å². The van der Waals surface area contributed by atoms with Gasteiger partial charge in [-0.1, -0.05) is 133 Å². The molecule has 0 saturated carbocycles. The maximum absolute atomic E-state index is 10.4. The molecule has 0 aromatic heterocycles. The Morgan fingerprint density at radius 1 is 0.582 bits per heavy atom. The van der Waals surface area contributed by atoms with Crippen LogP contribution >= 0.6 is 0 Å². The van der Waals surface area contributed by atoms with Gasteiger partial charge in [0.2, 0.25) is 0 Å². The lowest BCUT2D eigenvalue weighted by Gasteiger charge is -2.30. The van der Waals surface area contributed by atoms with Gasteiger partial charge in [-0.05, 0) is 58.3 Å². The molecule has 13 atom stereocenters. The molecule has 3 fully saturated rings. The summed E-state index contributed by atoms with van der Waals surface area (Å²) in [6.45, 7) is 17.0. The number of hydrogen-bond donors (Lipinski definition) is 1. The summed E-state index contributed by atoms with van der Waals surface area (Å²) in [5, 5.41) is 10.4. The lowest BCUT2D eigenvalue weighted by atomic mass is 9.89. The molecular weight excluding hydrogens is 696 g/mol. The predicted molar refractivity (Wildman–Crippen MR) is 213 cm³/mol. The molecular formula is C46H64O9. The highest BCUT2D eigenvalue weighted by Crippen LogP contribution is 2.39.